The number of esters is 1. The summed E-state index contributed by atoms with van der Waals surface area (Å²) in [5, 5.41) is 1.97. The zero-order valence-electron chi connectivity index (χ0n) is 13.4. The number of hydrogen-bond donors (Lipinski definition) is 0. The molecule has 1 aliphatic rings. The lowest BCUT2D eigenvalue weighted by Crippen LogP contribution is -2.22. The Morgan fingerprint density at radius 2 is 1.79 bits per heavy atom. The molecule has 2 aromatic rings. The van der Waals surface area contributed by atoms with Gasteiger partial charge in [-0.05, 0) is 60.7 Å². The van der Waals surface area contributed by atoms with E-state index >= 15 is 0 Å². The van der Waals surface area contributed by atoms with Crippen molar-refractivity contribution < 1.29 is 14.3 Å². The molecule has 0 spiro atoms. The van der Waals surface area contributed by atoms with E-state index in [4.69, 9.17) is 4.74 Å². The Hall–Kier alpha value is -2.20. The van der Waals surface area contributed by atoms with Crippen molar-refractivity contribution in [3.8, 4) is 5.75 Å². The maximum absolute atomic E-state index is 12.1. The van der Waals surface area contributed by atoms with Gasteiger partial charge >= 0.3 is 5.97 Å². The van der Waals surface area contributed by atoms with Gasteiger partial charge in [0.25, 0.3) is 0 Å². The molecule has 0 saturated heterocycles. The number of carbonyl (C=O) groups is 2. The predicted octanol–water partition coefficient (Wildman–Crippen LogP) is 5.13. The van der Waals surface area contributed by atoms with E-state index in [2.05, 4.69) is 0 Å². The van der Waals surface area contributed by atoms with Crippen LogP contribution in [-0.2, 0) is 4.79 Å². The van der Waals surface area contributed by atoms with E-state index in [1.54, 1.807) is 41.7 Å². The molecule has 0 N–H and O–H groups in total. The van der Waals surface area contributed by atoms with Crippen molar-refractivity contribution in [1.82, 2.24) is 0 Å². The molecule has 1 fully saturated rings. The normalized spacial score (nSPS) is 15.5. The first-order chi connectivity index (χ1) is 11.7. The third kappa shape index (κ3) is 4.42. The third-order valence-electron chi connectivity index (χ3n) is 4.24. The molecular weight excluding hydrogens is 320 g/mol. The standard InChI is InChI=1S/C20H20O3S/c21-19(13-12-18-7-4-14-24-18)15-8-10-17(11-9-15)23-20(22)16-5-2-1-3-6-16/h4,7-14,16H,1-3,5-6H2. The highest BCUT2D eigenvalue weighted by Crippen LogP contribution is 2.25. The van der Waals surface area contributed by atoms with Gasteiger partial charge in [-0.3, -0.25) is 9.59 Å². The van der Waals surface area contributed by atoms with Crippen molar-refractivity contribution in [2.24, 2.45) is 5.92 Å². The third-order valence-corrected chi connectivity index (χ3v) is 5.08. The first-order valence-electron chi connectivity index (χ1n) is 8.30. The first-order valence-corrected chi connectivity index (χ1v) is 9.18. The zero-order chi connectivity index (χ0) is 16.8. The Kier molecular flexibility index (Phi) is 5.59. The van der Waals surface area contributed by atoms with Crippen molar-refractivity contribution in [3.63, 3.8) is 0 Å². The smallest absolute Gasteiger partial charge is 0.314 e. The van der Waals surface area contributed by atoms with Crippen molar-refractivity contribution >= 4 is 29.2 Å². The number of rotatable bonds is 5. The van der Waals surface area contributed by atoms with Crippen LogP contribution in [0.15, 0.2) is 47.9 Å². The Balaban J connectivity index is 1.58. The van der Waals surface area contributed by atoms with E-state index in [1.807, 2.05) is 23.6 Å². The number of benzene rings is 1. The fourth-order valence-electron chi connectivity index (χ4n) is 2.87. The summed E-state index contributed by atoms with van der Waals surface area (Å²) in [5.74, 6) is 0.318. The van der Waals surface area contributed by atoms with E-state index in [9.17, 15) is 9.59 Å². The number of carbonyl (C=O) groups excluding carboxylic acids is 2. The summed E-state index contributed by atoms with van der Waals surface area (Å²) < 4.78 is 5.44. The topological polar surface area (TPSA) is 43.4 Å². The van der Waals surface area contributed by atoms with Crippen LogP contribution in [0.3, 0.4) is 0 Å². The molecule has 1 aromatic heterocycles. The largest absolute Gasteiger partial charge is 0.426 e. The highest BCUT2D eigenvalue weighted by Gasteiger charge is 2.22. The van der Waals surface area contributed by atoms with E-state index in [0.29, 0.717) is 11.3 Å². The van der Waals surface area contributed by atoms with Gasteiger partial charge in [0.15, 0.2) is 5.78 Å². The lowest BCUT2D eigenvalue weighted by atomic mass is 9.89. The molecule has 1 saturated carbocycles. The Bertz CT molecular complexity index is 708. The summed E-state index contributed by atoms with van der Waals surface area (Å²) in [5.41, 5.74) is 0.584. The summed E-state index contributed by atoms with van der Waals surface area (Å²) in [6.07, 6.45) is 8.62. The Morgan fingerprint density at radius 3 is 2.46 bits per heavy atom. The van der Waals surface area contributed by atoms with E-state index in [0.717, 1.165) is 30.6 Å². The van der Waals surface area contributed by atoms with Gasteiger partial charge in [0, 0.05) is 10.4 Å². The SMILES string of the molecule is O=C(C=Cc1cccs1)c1ccc(OC(=O)C2CCCCC2)cc1. The van der Waals surface area contributed by atoms with Crippen LogP contribution in [0.25, 0.3) is 6.08 Å². The van der Waals surface area contributed by atoms with Crippen LogP contribution >= 0.6 is 11.3 Å². The average Bonchev–Trinajstić information content (AvgIpc) is 3.14. The number of ether oxygens (including phenoxy) is 1. The quantitative estimate of drug-likeness (QED) is 0.328. The molecule has 0 radical (unpaired) electrons. The first kappa shape index (κ1) is 16.7. The minimum Gasteiger partial charge on any atom is -0.426 e. The van der Waals surface area contributed by atoms with Crippen LogP contribution in [0, 0.1) is 5.92 Å². The molecule has 24 heavy (non-hydrogen) atoms. The second kappa shape index (κ2) is 8.06. The highest BCUT2D eigenvalue weighted by atomic mass is 32.1. The lowest BCUT2D eigenvalue weighted by molar-refractivity contribution is -0.139. The Labute approximate surface area is 146 Å². The fraction of sp³-hybridized carbons (Fsp3) is 0.300. The maximum atomic E-state index is 12.1. The van der Waals surface area contributed by atoms with Gasteiger partial charge in [-0.2, -0.15) is 0 Å². The number of thiophene rings is 1. The second-order valence-corrected chi connectivity index (χ2v) is 6.97. The van der Waals surface area contributed by atoms with Crippen molar-refractivity contribution in [2.45, 2.75) is 32.1 Å². The van der Waals surface area contributed by atoms with Crippen molar-refractivity contribution in [2.75, 3.05) is 0 Å². The summed E-state index contributed by atoms with van der Waals surface area (Å²) in [4.78, 5) is 25.3. The number of ketones is 1. The molecule has 3 nitrogen and oxygen atoms in total. The van der Waals surface area contributed by atoms with Gasteiger partial charge in [-0.25, -0.2) is 0 Å². The van der Waals surface area contributed by atoms with Crippen LogP contribution < -0.4 is 4.74 Å². The van der Waals surface area contributed by atoms with Crippen LogP contribution in [0.1, 0.15) is 47.3 Å². The molecule has 1 heterocycles. The molecule has 0 amide bonds. The fourth-order valence-corrected chi connectivity index (χ4v) is 3.48. The van der Waals surface area contributed by atoms with Gasteiger partial charge in [0.1, 0.15) is 5.75 Å². The molecule has 0 aliphatic heterocycles. The monoisotopic (exact) mass is 340 g/mol. The van der Waals surface area contributed by atoms with Crippen molar-refractivity contribution in [3.05, 3.63) is 58.3 Å². The molecule has 1 aliphatic carbocycles. The van der Waals surface area contributed by atoms with Crippen LogP contribution in [0.4, 0.5) is 0 Å². The summed E-state index contributed by atoms with van der Waals surface area (Å²) in [6.45, 7) is 0. The molecule has 0 unspecified atom stereocenters. The maximum Gasteiger partial charge on any atom is 0.314 e. The lowest BCUT2D eigenvalue weighted by Gasteiger charge is -2.19. The molecule has 0 atom stereocenters. The van der Waals surface area contributed by atoms with Crippen molar-refractivity contribution in [1.29, 1.82) is 0 Å². The molecule has 1 aromatic carbocycles. The van der Waals surface area contributed by atoms with E-state index in [-0.39, 0.29) is 17.7 Å². The minimum absolute atomic E-state index is 0.0220. The minimum atomic E-state index is -0.147. The van der Waals surface area contributed by atoms with Gasteiger partial charge in [0.2, 0.25) is 0 Å². The highest BCUT2D eigenvalue weighted by molar-refractivity contribution is 7.10. The predicted molar refractivity (Wildman–Crippen MR) is 96.3 cm³/mol. The van der Waals surface area contributed by atoms with Crippen LogP contribution in [-0.4, -0.2) is 11.8 Å². The number of hydrogen-bond acceptors (Lipinski definition) is 4. The average molecular weight is 340 g/mol. The zero-order valence-corrected chi connectivity index (χ0v) is 14.3. The molecule has 3 rings (SSSR count). The van der Waals surface area contributed by atoms with Crippen LogP contribution in [0.5, 0.6) is 5.75 Å². The summed E-state index contributed by atoms with van der Waals surface area (Å²) >= 11 is 1.59. The molecule has 0 bridgehead atoms. The molecule has 4 heteroatoms. The summed E-state index contributed by atoms with van der Waals surface area (Å²) in [6, 6.07) is 10.7. The van der Waals surface area contributed by atoms with E-state index < -0.39 is 0 Å². The van der Waals surface area contributed by atoms with Gasteiger partial charge in [-0.1, -0.05) is 25.3 Å². The van der Waals surface area contributed by atoms with Crippen LogP contribution in [0.2, 0.25) is 0 Å². The van der Waals surface area contributed by atoms with Gasteiger partial charge in [0.05, 0.1) is 5.92 Å². The van der Waals surface area contributed by atoms with E-state index in [1.165, 1.54) is 6.42 Å². The van der Waals surface area contributed by atoms with Gasteiger partial charge in [-0.15, -0.1) is 11.3 Å². The molecule has 124 valence electrons. The summed E-state index contributed by atoms with van der Waals surface area (Å²) in [7, 11) is 0. The second-order valence-electron chi connectivity index (χ2n) is 5.99. The number of allylic oxidation sites excluding steroid dienone is 1. The van der Waals surface area contributed by atoms with Gasteiger partial charge < -0.3 is 4.74 Å². The molecular formula is C20H20O3S. The Morgan fingerprint density at radius 1 is 1.04 bits per heavy atom.